The summed E-state index contributed by atoms with van der Waals surface area (Å²) in [6.07, 6.45) is 5.24. The number of aliphatic hydroxyl groups excluding tert-OH is 1. The van der Waals surface area contributed by atoms with E-state index in [4.69, 9.17) is 9.47 Å². The third-order valence-electron chi connectivity index (χ3n) is 4.72. The van der Waals surface area contributed by atoms with Gasteiger partial charge in [0.1, 0.15) is 0 Å². The van der Waals surface area contributed by atoms with Crippen LogP contribution in [0.1, 0.15) is 39.0 Å². The Morgan fingerprint density at radius 2 is 2.00 bits per heavy atom. The number of rotatable bonds is 5. The van der Waals surface area contributed by atoms with Gasteiger partial charge < -0.3 is 14.6 Å². The maximum Gasteiger partial charge on any atom is 0.170 e. The fourth-order valence-corrected chi connectivity index (χ4v) is 3.71. The molecule has 0 aromatic carbocycles. The van der Waals surface area contributed by atoms with E-state index in [-0.39, 0.29) is 6.10 Å². The van der Waals surface area contributed by atoms with Crippen molar-refractivity contribution in [3.8, 4) is 0 Å². The number of unbranched alkanes of at least 4 members (excludes halogenated alkanes) is 1. The lowest BCUT2D eigenvalue weighted by molar-refractivity contribution is -0.307. The fourth-order valence-electron chi connectivity index (χ4n) is 3.71. The molecule has 0 radical (unpaired) electrons. The monoisotopic (exact) mass is 228 g/mol. The van der Waals surface area contributed by atoms with Crippen molar-refractivity contribution in [1.82, 2.24) is 0 Å². The van der Waals surface area contributed by atoms with Crippen LogP contribution in [0.4, 0.5) is 0 Å². The third-order valence-corrected chi connectivity index (χ3v) is 4.72. The molecular formula is C13H24O3. The normalized spacial score (nSPS) is 40.5. The molecule has 0 unspecified atom stereocenters. The van der Waals surface area contributed by atoms with E-state index in [1.807, 2.05) is 0 Å². The first-order valence-corrected chi connectivity index (χ1v) is 6.47. The second-order valence-electron chi connectivity index (χ2n) is 5.30. The summed E-state index contributed by atoms with van der Waals surface area (Å²) < 4.78 is 11.0. The van der Waals surface area contributed by atoms with Gasteiger partial charge in [0, 0.05) is 26.6 Å². The van der Waals surface area contributed by atoms with E-state index in [2.05, 4.69) is 6.92 Å². The van der Waals surface area contributed by atoms with Gasteiger partial charge in [-0.1, -0.05) is 19.8 Å². The van der Waals surface area contributed by atoms with E-state index < -0.39 is 5.79 Å². The van der Waals surface area contributed by atoms with E-state index >= 15 is 0 Å². The van der Waals surface area contributed by atoms with Crippen LogP contribution < -0.4 is 0 Å². The fraction of sp³-hybridized carbons (Fsp3) is 1.00. The lowest BCUT2D eigenvalue weighted by Gasteiger charge is -2.51. The molecule has 0 heterocycles. The standard InChI is InChI=1S/C13H24O3/c1-4-5-6-9-10-8-13(15-2,16-3)11(10)7-12(9)14/h9-12,14H,4-8H2,1-3H3/t9-,10-,11+,12-/m0/s1. The van der Waals surface area contributed by atoms with Gasteiger partial charge in [0.05, 0.1) is 6.10 Å². The van der Waals surface area contributed by atoms with Crippen LogP contribution in [-0.2, 0) is 9.47 Å². The van der Waals surface area contributed by atoms with E-state index in [1.165, 1.54) is 12.8 Å². The van der Waals surface area contributed by atoms with Crippen LogP contribution in [0.2, 0.25) is 0 Å². The average Bonchev–Trinajstić information content (AvgIpc) is 2.53. The minimum Gasteiger partial charge on any atom is -0.393 e. The molecule has 0 saturated heterocycles. The highest BCUT2D eigenvalue weighted by atomic mass is 16.7. The van der Waals surface area contributed by atoms with Gasteiger partial charge in [0.25, 0.3) is 0 Å². The van der Waals surface area contributed by atoms with Crippen molar-refractivity contribution in [2.24, 2.45) is 17.8 Å². The van der Waals surface area contributed by atoms with Crippen molar-refractivity contribution in [1.29, 1.82) is 0 Å². The molecule has 4 atom stereocenters. The predicted octanol–water partition coefficient (Wildman–Crippen LogP) is 2.18. The molecule has 0 spiro atoms. The van der Waals surface area contributed by atoms with E-state index in [9.17, 15) is 5.11 Å². The highest BCUT2D eigenvalue weighted by molar-refractivity contribution is 5.07. The molecule has 1 N–H and O–H groups in total. The first kappa shape index (κ1) is 12.3. The summed E-state index contributed by atoms with van der Waals surface area (Å²) in [6, 6.07) is 0. The van der Waals surface area contributed by atoms with Gasteiger partial charge in [-0.05, 0) is 24.7 Å². The molecule has 0 bridgehead atoms. The van der Waals surface area contributed by atoms with Gasteiger partial charge >= 0.3 is 0 Å². The lowest BCUT2D eigenvalue weighted by Crippen LogP contribution is -2.55. The second-order valence-corrected chi connectivity index (χ2v) is 5.30. The molecule has 0 aromatic heterocycles. The number of hydrogen-bond donors (Lipinski definition) is 1. The molecule has 2 saturated carbocycles. The number of aliphatic hydroxyl groups is 1. The third kappa shape index (κ3) is 1.69. The number of hydrogen-bond acceptors (Lipinski definition) is 3. The van der Waals surface area contributed by atoms with Crippen LogP contribution in [0.15, 0.2) is 0 Å². The van der Waals surface area contributed by atoms with Crippen molar-refractivity contribution < 1.29 is 14.6 Å². The first-order chi connectivity index (χ1) is 7.68. The van der Waals surface area contributed by atoms with Crippen molar-refractivity contribution in [2.45, 2.75) is 50.9 Å². The molecule has 2 aliphatic carbocycles. The zero-order valence-electron chi connectivity index (χ0n) is 10.6. The van der Waals surface area contributed by atoms with Crippen molar-refractivity contribution in [3.63, 3.8) is 0 Å². The smallest absolute Gasteiger partial charge is 0.170 e. The summed E-state index contributed by atoms with van der Waals surface area (Å²) in [5.41, 5.74) is 0. The van der Waals surface area contributed by atoms with Crippen LogP contribution >= 0.6 is 0 Å². The quantitative estimate of drug-likeness (QED) is 0.733. The van der Waals surface area contributed by atoms with Crippen LogP contribution in [0, 0.1) is 17.8 Å². The molecule has 16 heavy (non-hydrogen) atoms. The molecule has 3 heteroatoms. The minimum absolute atomic E-state index is 0.145. The van der Waals surface area contributed by atoms with E-state index in [0.717, 1.165) is 19.3 Å². The topological polar surface area (TPSA) is 38.7 Å². The van der Waals surface area contributed by atoms with E-state index in [1.54, 1.807) is 14.2 Å². The zero-order chi connectivity index (χ0) is 11.8. The Morgan fingerprint density at radius 1 is 1.31 bits per heavy atom. The van der Waals surface area contributed by atoms with Gasteiger partial charge in [-0.25, -0.2) is 0 Å². The molecule has 94 valence electrons. The first-order valence-electron chi connectivity index (χ1n) is 6.47. The summed E-state index contributed by atoms with van der Waals surface area (Å²) >= 11 is 0. The van der Waals surface area contributed by atoms with Gasteiger partial charge in [-0.15, -0.1) is 0 Å². The summed E-state index contributed by atoms with van der Waals surface area (Å²) in [6.45, 7) is 2.20. The van der Waals surface area contributed by atoms with Crippen LogP contribution in [0.3, 0.4) is 0 Å². The summed E-state index contributed by atoms with van der Waals surface area (Å²) in [5, 5.41) is 10.1. The van der Waals surface area contributed by atoms with Crippen LogP contribution in [0.25, 0.3) is 0 Å². The Kier molecular flexibility index (Phi) is 3.57. The zero-order valence-corrected chi connectivity index (χ0v) is 10.6. The Hall–Kier alpha value is -0.120. The van der Waals surface area contributed by atoms with Crippen molar-refractivity contribution in [2.75, 3.05) is 14.2 Å². The maximum absolute atomic E-state index is 10.1. The number of methoxy groups -OCH3 is 2. The van der Waals surface area contributed by atoms with Gasteiger partial charge in [0.2, 0.25) is 0 Å². The van der Waals surface area contributed by atoms with Crippen LogP contribution in [0.5, 0.6) is 0 Å². The summed E-state index contributed by atoms with van der Waals surface area (Å²) in [7, 11) is 3.43. The van der Waals surface area contributed by atoms with Gasteiger partial charge in [-0.3, -0.25) is 0 Å². The molecule has 3 nitrogen and oxygen atoms in total. The highest BCUT2D eigenvalue weighted by Crippen LogP contribution is 2.59. The Morgan fingerprint density at radius 3 is 2.56 bits per heavy atom. The summed E-state index contributed by atoms with van der Waals surface area (Å²) in [4.78, 5) is 0. The van der Waals surface area contributed by atoms with Gasteiger partial charge in [-0.2, -0.15) is 0 Å². The molecule has 2 aliphatic rings. The molecular weight excluding hydrogens is 204 g/mol. The summed E-state index contributed by atoms with van der Waals surface area (Å²) in [5.74, 6) is 1.09. The SMILES string of the molecule is CCCC[C@H]1[C@@H]2CC(OC)(OC)[C@@H]2C[C@@H]1O. The number of fused-ring (bicyclic) bond motifs is 1. The van der Waals surface area contributed by atoms with Crippen molar-refractivity contribution >= 4 is 0 Å². The Balaban J connectivity index is 1.98. The largest absolute Gasteiger partial charge is 0.393 e. The predicted molar refractivity (Wildman–Crippen MR) is 62.0 cm³/mol. The Bertz CT molecular complexity index is 237. The van der Waals surface area contributed by atoms with E-state index in [0.29, 0.717) is 17.8 Å². The molecule has 0 amide bonds. The van der Waals surface area contributed by atoms with Crippen molar-refractivity contribution in [3.05, 3.63) is 0 Å². The highest BCUT2D eigenvalue weighted by Gasteiger charge is 2.62. The average molecular weight is 228 g/mol. The molecule has 0 aromatic rings. The minimum atomic E-state index is -0.396. The maximum atomic E-state index is 10.1. The molecule has 2 fully saturated rings. The second kappa shape index (κ2) is 4.63. The molecule has 0 aliphatic heterocycles. The lowest BCUT2D eigenvalue weighted by atomic mass is 9.66. The Labute approximate surface area is 98.1 Å². The molecule has 2 rings (SSSR count). The van der Waals surface area contributed by atoms with Crippen LogP contribution in [-0.4, -0.2) is 31.2 Å². The number of ether oxygens (including phenoxy) is 2. The van der Waals surface area contributed by atoms with Gasteiger partial charge in [0.15, 0.2) is 5.79 Å².